The van der Waals surface area contributed by atoms with Crippen molar-refractivity contribution in [2.45, 2.75) is 4.90 Å². The number of nitro benzene ring substituents is 1. The van der Waals surface area contributed by atoms with E-state index in [4.69, 9.17) is 9.66 Å². The number of carbonyl (C=O) groups is 1. The van der Waals surface area contributed by atoms with Crippen LogP contribution in [0.5, 0.6) is 0 Å². The van der Waals surface area contributed by atoms with Crippen molar-refractivity contribution in [2.24, 2.45) is 0 Å². The van der Waals surface area contributed by atoms with E-state index in [2.05, 4.69) is 0 Å². The molecule has 0 saturated heterocycles. The molecule has 0 atom stereocenters. The summed E-state index contributed by atoms with van der Waals surface area (Å²) >= 11 is 0. The second-order valence-electron chi connectivity index (χ2n) is 2.72. The van der Waals surface area contributed by atoms with Crippen LogP contribution in [0.1, 0.15) is 10.4 Å². The van der Waals surface area contributed by atoms with Crippen molar-refractivity contribution in [1.29, 1.82) is 0 Å². The van der Waals surface area contributed by atoms with Crippen molar-refractivity contribution in [1.82, 2.24) is 0 Å². The highest BCUT2D eigenvalue weighted by atomic mass is 32.2. The second kappa shape index (κ2) is 3.87. The third-order valence-corrected chi connectivity index (χ3v) is 2.54. The summed E-state index contributed by atoms with van der Waals surface area (Å²) in [6.07, 6.45) is 0. The van der Waals surface area contributed by atoms with E-state index in [9.17, 15) is 23.3 Å². The number of carboxylic acid groups (broad SMARTS) is 1. The van der Waals surface area contributed by atoms with Gasteiger partial charge < -0.3 is 5.11 Å². The van der Waals surface area contributed by atoms with Gasteiger partial charge in [-0.2, -0.15) is 8.42 Å². The molecule has 0 amide bonds. The first-order chi connectivity index (χ1) is 7.23. The molecule has 0 spiro atoms. The summed E-state index contributed by atoms with van der Waals surface area (Å²) in [7, 11) is -4.60. The third kappa shape index (κ3) is 2.32. The predicted octanol–water partition coefficient (Wildman–Crippen LogP) is 0.540. The summed E-state index contributed by atoms with van der Waals surface area (Å²) in [6.45, 7) is 0. The Kier molecular flexibility index (Phi) is 2.92. The smallest absolute Gasteiger partial charge is 0.342 e. The van der Waals surface area contributed by atoms with Crippen molar-refractivity contribution in [2.75, 3.05) is 0 Å². The van der Waals surface area contributed by atoms with Gasteiger partial charge in [-0.15, -0.1) is 0 Å². The molecule has 2 N–H and O–H groups in total. The highest BCUT2D eigenvalue weighted by Gasteiger charge is 2.23. The summed E-state index contributed by atoms with van der Waals surface area (Å²) in [5.74, 6) is -1.56. The third-order valence-electron chi connectivity index (χ3n) is 1.69. The summed E-state index contributed by atoms with van der Waals surface area (Å²) in [5.41, 5.74) is -1.56. The molecule has 0 bridgehead atoms. The standard InChI is InChI=1S/C7H5NO7S/c9-7(10)5-2-1-4(16(13,14)15)3-6(5)8(11)12/h1-3H,(H,9,10)(H,13,14,15). The lowest BCUT2D eigenvalue weighted by Crippen LogP contribution is -2.05. The maximum absolute atomic E-state index is 10.7. The van der Waals surface area contributed by atoms with Gasteiger partial charge in [0.25, 0.3) is 15.8 Å². The summed E-state index contributed by atoms with van der Waals surface area (Å²) in [4.78, 5) is 19.3. The SMILES string of the molecule is O=C(O)c1ccc(S(=O)(=O)O)cc1[N+](=O)[O-]. The molecule has 0 aliphatic carbocycles. The Morgan fingerprint density at radius 2 is 1.94 bits per heavy atom. The molecule has 1 aromatic carbocycles. The van der Waals surface area contributed by atoms with Crippen LogP contribution in [0.4, 0.5) is 5.69 Å². The molecule has 9 heteroatoms. The Morgan fingerprint density at radius 3 is 2.31 bits per heavy atom. The minimum Gasteiger partial charge on any atom is -0.477 e. The van der Waals surface area contributed by atoms with Gasteiger partial charge in [-0.3, -0.25) is 14.7 Å². The normalized spacial score (nSPS) is 11.1. The fourth-order valence-electron chi connectivity index (χ4n) is 1.00. The van der Waals surface area contributed by atoms with Gasteiger partial charge in [-0.05, 0) is 12.1 Å². The topological polar surface area (TPSA) is 135 Å². The van der Waals surface area contributed by atoms with Crippen LogP contribution in [0.2, 0.25) is 0 Å². The lowest BCUT2D eigenvalue weighted by Gasteiger charge is -2.00. The average molecular weight is 247 g/mol. The number of hydrogen-bond donors (Lipinski definition) is 2. The van der Waals surface area contributed by atoms with E-state index in [1.807, 2.05) is 0 Å². The Balaban J connectivity index is 3.52. The van der Waals surface area contributed by atoms with Gasteiger partial charge in [-0.1, -0.05) is 0 Å². The van der Waals surface area contributed by atoms with Crippen LogP contribution >= 0.6 is 0 Å². The van der Waals surface area contributed by atoms with Crippen molar-refractivity contribution >= 4 is 21.8 Å². The Hall–Kier alpha value is -2.00. The van der Waals surface area contributed by atoms with Gasteiger partial charge in [0.15, 0.2) is 0 Å². The van der Waals surface area contributed by atoms with Crippen LogP contribution < -0.4 is 0 Å². The maximum atomic E-state index is 10.7. The minimum atomic E-state index is -4.60. The van der Waals surface area contributed by atoms with Crippen molar-refractivity contribution < 1.29 is 27.8 Å². The molecule has 16 heavy (non-hydrogen) atoms. The van der Waals surface area contributed by atoms with Crippen LogP contribution in [-0.2, 0) is 10.1 Å². The fraction of sp³-hybridized carbons (Fsp3) is 0. The number of hydrogen-bond acceptors (Lipinski definition) is 5. The molecule has 0 heterocycles. The lowest BCUT2D eigenvalue weighted by atomic mass is 10.2. The van der Waals surface area contributed by atoms with Gasteiger partial charge in [0.1, 0.15) is 10.5 Å². The Labute approximate surface area is 89.0 Å². The molecule has 0 fully saturated rings. The van der Waals surface area contributed by atoms with E-state index >= 15 is 0 Å². The van der Waals surface area contributed by atoms with E-state index in [0.29, 0.717) is 6.07 Å². The number of rotatable bonds is 3. The van der Waals surface area contributed by atoms with Crippen LogP contribution in [0.25, 0.3) is 0 Å². The number of aromatic carboxylic acids is 1. The van der Waals surface area contributed by atoms with Gasteiger partial charge in [0.05, 0.1) is 4.92 Å². The van der Waals surface area contributed by atoms with E-state index in [-0.39, 0.29) is 0 Å². The first-order valence-corrected chi connectivity index (χ1v) is 5.16. The maximum Gasteiger partial charge on any atom is 0.342 e. The quantitative estimate of drug-likeness (QED) is 0.452. The molecule has 0 unspecified atom stereocenters. The van der Waals surface area contributed by atoms with Crippen molar-refractivity contribution in [3.05, 3.63) is 33.9 Å². The number of benzene rings is 1. The number of nitro groups is 1. The van der Waals surface area contributed by atoms with Crippen molar-refractivity contribution in [3.63, 3.8) is 0 Å². The predicted molar refractivity (Wildman–Crippen MR) is 49.9 cm³/mol. The molecular weight excluding hydrogens is 242 g/mol. The van der Waals surface area contributed by atoms with E-state index in [1.54, 1.807) is 0 Å². The molecule has 0 radical (unpaired) electrons. The molecule has 0 saturated carbocycles. The largest absolute Gasteiger partial charge is 0.477 e. The first-order valence-electron chi connectivity index (χ1n) is 3.72. The number of carboxylic acids is 1. The van der Waals surface area contributed by atoms with Gasteiger partial charge in [-0.25, -0.2) is 4.79 Å². The first kappa shape index (κ1) is 12.1. The second-order valence-corrected chi connectivity index (χ2v) is 4.14. The average Bonchev–Trinajstić information content (AvgIpc) is 2.15. The van der Waals surface area contributed by atoms with E-state index in [0.717, 1.165) is 12.1 Å². The molecule has 86 valence electrons. The summed E-state index contributed by atoms with van der Waals surface area (Å²) < 4.78 is 30.0. The molecule has 0 aliphatic rings. The highest BCUT2D eigenvalue weighted by Crippen LogP contribution is 2.22. The van der Waals surface area contributed by atoms with Crippen LogP contribution in [0.15, 0.2) is 23.1 Å². The van der Waals surface area contributed by atoms with Crippen molar-refractivity contribution in [3.8, 4) is 0 Å². The summed E-state index contributed by atoms with van der Waals surface area (Å²) in [5, 5.41) is 19.1. The van der Waals surface area contributed by atoms with Gasteiger partial charge in [0.2, 0.25) is 0 Å². The van der Waals surface area contributed by atoms with E-state index in [1.165, 1.54) is 0 Å². The monoisotopic (exact) mass is 247 g/mol. The van der Waals surface area contributed by atoms with Gasteiger partial charge in [0, 0.05) is 6.07 Å². The van der Waals surface area contributed by atoms with Crippen LogP contribution in [-0.4, -0.2) is 29.0 Å². The molecule has 0 aromatic heterocycles. The van der Waals surface area contributed by atoms with E-state index < -0.39 is 37.2 Å². The van der Waals surface area contributed by atoms with Gasteiger partial charge >= 0.3 is 5.97 Å². The zero-order valence-electron chi connectivity index (χ0n) is 7.52. The number of nitrogens with zero attached hydrogens (tertiary/aromatic N) is 1. The molecule has 1 rings (SSSR count). The Bertz CT molecular complexity index is 562. The highest BCUT2D eigenvalue weighted by molar-refractivity contribution is 7.85. The molecular formula is C7H5NO7S. The molecule has 8 nitrogen and oxygen atoms in total. The zero-order chi connectivity index (χ0) is 12.5. The molecule has 0 aliphatic heterocycles. The lowest BCUT2D eigenvalue weighted by molar-refractivity contribution is -0.385. The Morgan fingerprint density at radius 1 is 1.38 bits per heavy atom. The molecule has 1 aromatic rings. The van der Waals surface area contributed by atoms with Crippen LogP contribution in [0, 0.1) is 10.1 Å². The fourth-order valence-corrected chi connectivity index (χ4v) is 1.50. The van der Waals surface area contributed by atoms with Crippen LogP contribution in [0.3, 0.4) is 0 Å². The minimum absolute atomic E-state index is 0.485. The summed E-state index contributed by atoms with van der Waals surface area (Å²) in [6, 6.07) is 1.99. The zero-order valence-corrected chi connectivity index (χ0v) is 8.34.